The molecule has 2 aliphatic heterocycles. The van der Waals surface area contributed by atoms with Gasteiger partial charge in [-0.15, -0.1) is 11.3 Å². The minimum Gasteiger partial charge on any atom is -0.391 e. The predicted octanol–water partition coefficient (Wildman–Crippen LogP) is 6.53. The summed E-state index contributed by atoms with van der Waals surface area (Å²) in [5.74, 6) is -0.898. The average molecular weight is 1030 g/mol. The maximum atomic E-state index is 14.1. The first kappa shape index (κ1) is 54.0. The van der Waals surface area contributed by atoms with Gasteiger partial charge in [0.05, 0.1) is 52.6 Å². The summed E-state index contributed by atoms with van der Waals surface area (Å²) in [5, 5.41) is 17.6. The number of aliphatic hydroxyl groups excluding tert-OH is 1. The lowest BCUT2D eigenvalue weighted by atomic mass is 9.76. The Balaban J connectivity index is 0.730. The molecular weight excluding hydrogens is 957 g/mol. The lowest BCUT2D eigenvalue weighted by Gasteiger charge is -2.36. The Morgan fingerprint density at radius 1 is 0.905 bits per heavy atom. The van der Waals surface area contributed by atoms with Crippen molar-refractivity contribution in [3.8, 4) is 10.4 Å². The second-order valence-corrected chi connectivity index (χ2v) is 22.3. The molecule has 1 saturated carbocycles. The standard InChI is InChI=1S/C56H72N10O7S/c1-35-45-31-59-48(62-52(45)66(41-12-9-10-13-41)55(73)50(35)37(3)67)26-40-19-20-42(30-58-40)63-22-24-64(25-23-63)49(70)32-57-21-11-7-8-14-43(68)27-46(56(4,5)6)54(72)65-33-44(69)28-47(65)53(71)60-29-38-15-17-39(18-16-38)51-36(2)61-34-74-51/h15-20,30-31,34,41,44,46-47,57,69H,7-14,21-29,32-33H2,1-6H3,(H,60,71)/t44-,46-,47+/m1/s1. The highest BCUT2D eigenvalue weighted by atomic mass is 32.1. The number of thiazole rings is 1. The molecule has 74 heavy (non-hydrogen) atoms. The van der Waals surface area contributed by atoms with E-state index in [0.717, 1.165) is 77.0 Å². The molecule has 3 amide bonds. The maximum absolute atomic E-state index is 14.1. The van der Waals surface area contributed by atoms with Crippen LogP contribution in [-0.4, -0.2) is 127 Å². The van der Waals surface area contributed by atoms with Crippen LogP contribution in [0, 0.1) is 25.2 Å². The van der Waals surface area contributed by atoms with E-state index in [9.17, 15) is 33.9 Å². The number of rotatable bonds is 20. The van der Waals surface area contributed by atoms with Crippen LogP contribution in [0.2, 0.25) is 0 Å². The number of nitrogens with one attached hydrogen (secondary N) is 2. The fourth-order valence-corrected chi connectivity index (χ4v) is 11.6. The van der Waals surface area contributed by atoms with Crippen LogP contribution in [0.15, 0.2) is 59.1 Å². The van der Waals surface area contributed by atoms with Crippen molar-refractivity contribution in [1.29, 1.82) is 0 Å². The maximum Gasteiger partial charge on any atom is 0.263 e. The van der Waals surface area contributed by atoms with Crippen LogP contribution in [0.25, 0.3) is 21.5 Å². The number of amides is 3. The van der Waals surface area contributed by atoms with E-state index in [0.29, 0.717) is 69.0 Å². The van der Waals surface area contributed by atoms with Crippen molar-refractivity contribution < 1.29 is 29.1 Å². The number of hydrogen-bond donors (Lipinski definition) is 3. The van der Waals surface area contributed by atoms with Crippen LogP contribution in [-0.2, 0) is 32.1 Å². The van der Waals surface area contributed by atoms with Gasteiger partial charge in [0.15, 0.2) is 5.78 Å². The van der Waals surface area contributed by atoms with Gasteiger partial charge in [0, 0.05) is 87.8 Å². The number of benzene rings is 1. The number of nitrogens with zero attached hydrogens (tertiary/aromatic N) is 8. The van der Waals surface area contributed by atoms with Crippen LogP contribution in [0.5, 0.6) is 0 Å². The molecule has 5 aromatic rings. The summed E-state index contributed by atoms with van der Waals surface area (Å²) in [5.41, 5.74) is 7.13. The summed E-state index contributed by atoms with van der Waals surface area (Å²) in [6.07, 6.45) is 9.77. The molecule has 394 valence electrons. The fourth-order valence-electron chi connectivity index (χ4n) is 10.8. The normalized spacial score (nSPS) is 17.8. The van der Waals surface area contributed by atoms with Gasteiger partial charge in [-0.3, -0.25) is 38.3 Å². The van der Waals surface area contributed by atoms with Gasteiger partial charge < -0.3 is 30.4 Å². The topological polar surface area (TPSA) is 213 Å². The van der Waals surface area contributed by atoms with Crippen LogP contribution in [0.3, 0.4) is 0 Å². The number of fused-ring (bicyclic) bond motifs is 1. The average Bonchev–Trinajstić information content (AvgIpc) is 4.16. The van der Waals surface area contributed by atoms with Crippen LogP contribution < -0.4 is 21.1 Å². The molecule has 4 aromatic heterocycles. The number of aryl methyl sites for hydroxylation is 2. The Morgan fingerprint density at radius 2 is 1.65 bits per heavy atom. The number of aromatic nitrogens is 5. The molecule has 17 nitrogen and oxygen atoms in total. The minimum absolute atomic E-state index is 0.00481. The quantitative estimate of drug-likeness (QED) is 0.0560. The molecule has 0 unspecified atom stereocenters. The molecule has 0 spiro atoms. The van der Waals surface area contributed by atoms with E-state index in [1.807, 2.05) is 80.7 Å². The molecule has 0 bridgehead atoms. The lowest BCUT2D eigenvalue weighted by molar-refractivity contribution is -0.146. The van der Waals surface area contributed by atoms with E-state index < -0.39 is 23.5 Å². The van der Waals surface area contributed by atoms with E-state index in [1.54, 1.807) is 29.0 Å². The van der Waals surface area contributed by atoms with E-state index >= 15 is 0 Å². The number of likely N-dealkylation sites (tertiary alicyclic amines) is 1. The Kier molecular flexibility index (Phi) is 17.5. The third-order valence-electron chi connectivity index (χ3n) is 15.1. The largest absolute Gasteiger partial charge is 0.391 e. The Bertz CT molecular complexity index is 2880. The summed E-state index contributed by atoms with van der Waals surface area (Å²) in [6, 6.07) is 11.1. The molecule has 8 rings (SSSR count). The van der Waals surface area contributed by atoms with Gasteiger partial charge in [0.1, 0.15) is 23.3 Å². The zero-order valence-electron chi connectivity index (χ0n) is 43.8. The Hall–Kier alpha value is -6.24. The van der Waals surface area contributed by atoms with Gasteiger partial charge in [-0.1, -0.05) is 64.3 Å². The third-order valence-corrected chi connectivity index (χ3v) is 16.1. The van der Waals surface area contributed by atoms with Gasteiger partial charge >= 0.3 is 0 Å². The molecule has 1 aliphatic carbocycles. The van der Waals surface area contributed by atoms with Crippen molar-refractivity contribution in [1.82, 2.24) is 44.9 Å². The van der Waals surface area contributed by atoms with Gasteiger partial charge in [0.25, 0.3) is 5.56 Å². The number of β-amino-alcohol motifs (C(OH)–C–C–N with tert-alkyl or cyclic N) is 1. The first-order chi connectivity index (χ1) is 35.5. The highest BCUT2D eigenvalue weighted by Crippen LogP contribution is 2.35. The van der Waals surface area contributed by atoms with Crippen LogP contribution in [0.4, 0.5) is 5.69 Å². The summed E-state index contributed by atoms with van der Waals surface area (Å²) in [6.45, 7) is 14.8. The monoisotopic (exact) mass is 1030 g/mol. The van der Waals surface area contributed by atoms with E-state index in [-0.39, 0.29) is 78.9 Å². The molecule has 18 heteroatoms. The number of pyridine rings is 2. The molecule has 3 N–H and O–H groups in total. The number of ketones is 2. The van der Waals surface area contributed by atoms with Crippen molar-refractivity contribution in [3.05, 3.63) is 98.6 Å². The molecule has 0 radical (unpaired) electrons. The molecular formula is C56H72N10O7S. The van der Waals surface area contributed by atoms with Crippen molar-refractivity contribution in [2.24, 2.45) is 11.3 Å². The Morgan fingerprint density at radius 3 is 2.31 bits per heavy atom. The van der Waals surface area contributed by atoms with E-state index in [4.69, 9.17) is 9.97 Å². The highest BCUT2D eigenvalue weighted by molar-refractivity contribution is 7.13. The summed E-state index contributed by atoms with van der Waals surface area (Å²) >= 11 is 1.58. The molecule has 3 atom stereocenters. The molecule has 3 fully saturated rings. The van der Waals surface area contributed by atoms with E-state index in [2.05, 4.69) is 25.5 Å². The second kappa shape index (κ2) is 24.0. The minimum atomic E-state index is -0.829. The number of aliphatic hydroxyl groups is 1. The second-order valence-electron chi connectivity index (χ2n) is 21.5. The summed E-state index contributed by atoms with van der Waals surface area (Å²) in [4.78, 5) is 105. The van der Waals surface area contributed by atoms with Gasteiger partial charge in [-0.05, 0) is 87.2 Å². The smallest absolute Gasteiger partial charge is 0.263 e. The number of carbonyl (C=O) groups is 5. The van der Waals surface area contributed by atoms with Crippen LogP contribution in [0.1, 0.15) is 137 Å². The van der Waals surface area contributed by atoms with Crippen LogP contribution >= 0.6 is 11.3 Å². The number of anilines is 1. The zero-order valence-corrected chi connectivity index (χ0v) is 44.6. The first-order valence-electron chi connectivity index (χ1n) is 26.3. The van der Waals surface area contributed by atoms with Gasteiger partial charge in [0.2, 0.25) is 17.7 Å². The van der Waals surface area contributed by atoms with Gasteiger partial charge in [-0.25, -0.2) is 15.0 Å². The molecule has 2 saturated heterocycles. The zero-order chi connectivity index (χ0) is 52.7. The first-order valence-corrected chi connectivity index (χ1v) is 27.2. The summed E-state index contributed by atoms with van der Waals surface area (Å²) in [7, 11) is 0. The molecule has 3 aliphatic rings. The van der Waals surface area contributed by atoms with E-state index in [1.165, 1.54) is 11.8 Å². The number of unbranched alkanes of at least 4 members (excludes halogenated alkanes) is 2. The van der Waals surface area contributed by atoms with Crippen molar-refractivity contribution in [2.75, 3.05) is 50.7 Å². The number of piperazine rings is 1. The molecule has 1 aromatic carbocycles. The Labute approximate surface area is 437 Å². The van der Waals surface area contributed by atoms with Crippen molar-refractivity contribution >= 4 is 57.3 Å². The summed E-state index contributed by atoms with van der Waals surface area (Å²) < 4.78 is 1.73. The fraction of sp³-hybridized carbons (Fsp3) is 0.536. The third kappa shape index (κ3) is 12.8. The van der Waals surface area contributed by atoms with Gasteiger partial charge in [-0.2, -0.15) is 0 Å². The lowest BCUT2D eigenvalue weighted by Crippen LogP contribution is -2.51. The SMILES string of the molecule is CC(=O)c1c(C)c2cnc(Cc3ccc(N4CCN(C(=O)CNCCCCCC(=O)C[C@H](C(=O)N5C[C@H](O)C[C@H]5C(=O)NCc5ccc(-c6scnc6C)cc5)C(C)(C)C)CC4)cn3)nc2n(C2CCCC2)c1=O. The van der Waals surface area contributed by atoms with Crippen molar-refractivity contribution in [3.63, 3.8) is 0 Å². The number of Topliss-reactive ketones (excluding diaryl/α,β-unsaturated/α-hetero) is 2. The number of carbonyl (C=O) groups excluding carboxylic acids is 5. The van der Waals surface area contributed by atoms with Crippen molar-refractivity contribution in [2.45, 2.75) is 137 Å². The number of hydrogen-bond acceptors (Lipinski definition) is 14. The highest BCUT2D eigenvalue weighted by Gasteiger charge is 2.44. The molecule has 6 heterocycles. The predicted molar refractivity (Wildman–Crippen MR) is 286 cm³/mol.